The van der Waals surface area contributed by atoms with Crippen molar-refractivity contribution in [3.63, 3.8) is 0 Å². The van der Waals surface area contributed by atoms with Gasteiger partial charge in [-0.2, -0.15) is 0 Å². The summed E-state index contributed by atoms with van der Waals surface area (Å²) < 4.78 is 4.98. The molecular formula is C22H25NO3. The molecule has 0 aliphatic rings. The fourth-order valence-electron chi connectivity index (χ4n) is 2.86. The molecule has 2 aromatic carbocycles. The molecule has 0 unspecified atom stereocenters. The number of amides is 1. The second kappa shape index (κ2) is 10.2. The lowest BCUT2D eigenvalue weighted by molar-refractivity contribution is -0.144. The summed E-state index contributed by atoms with van der Waals surface area (Å²) in [6, 6.07) is 19.4. The van der Waals surface area contributed by atoms with E-state index in [2.05, 4.69) is 6.58 Å². The minimum Gasteiger partial charge on any atom is -0.466 e. The summed E-state index contributed by atoms with van der Waals surface area (Å²) >= 11 is 0. The van der Waals surface area contributed by atoms with Gasteiger partial charge in [0.05, 0.1) is 18.9 Å². The molecule has 1 amide bonds. The minimum absolute atomic E-state index is 0.0494. The van der Waals surface area contributed by atoms with Gasteiger partial charge in [0, 0.05) is 13.1 Å². The molecule has 4 nitrogen and oxygen atoms in total. The van der Waals surface area contributed by atoms with Crippen LogP contribution in [-0.4, -0.2) is 36.5 Å². The van der Waals surface area contributed by atoms with Gasteiger partial charge in [-0.05, 0) is 18.1 Å². The van der Waals surface area contributed by atoms with Crippen molar-refractivity contribution in [3.8, 4) is 0 Å². The lowest BCUT2D eigenvalue weighted by atomic mass is 9.90. The summed E-state index contributed by atoms with van der Waals surface area (Å²) in [6.45, 7) is 6.54. The molecule has 0 aliphatic heterocycles. The Balaban J connectivity index is 2.27. The molecule has 4 heteroatoms. The first-order chi connectivity index (χ1) is 12.7. The molecule has 0 atom stereocenters. The van der Waals surface area contributed by atoms with Crippen molar-refractivity contribution in [3.05, 3.63) is 84.4 Å². The molecule has 2 rings (SSSR count). The third kappa shape index (κ3) is 5.31. The van der Waals surface area contributed by atoms with Crippen molar-refractivity contribution in [2.24, 2.45) is 0 Å². The summed E-state index contributed by atoms with van der Waals surface area (Å²) in [7, 11) is 0. The lowest BCUT2D eigenvalue weighted by Gasteiger charge is -2.27. The molecule has 0 N–H and O–H groups in total. The van der Waals surface area contributed by atoms with Gasteiger partial charge in [-0.1, -0.05) is 66.7 Å². The van der Waals surface area contributed by atoms with Gasteiger partial charge in [-0.15, -0.1) is 6.58 Å². The summed E-state index contributed by atoms with van der Waals surface area (Å²) in [5, 5.41) is 0. The van der Waals surface area contributed by atoms with Gasteiger partial charge in [-0.3, -0.25) is 9.59 Å². The van der Waals surface area contributed by atoms with Crippen molar-refractivity contribution >= 4 is 11.9 Å². The average Bonchev–Trinajstić information content (AvgIpc) is 2.67. The van der Waals surface area contributed by atoms with E-state index in [1.54, 1.807) is 17.9 Å². The zero-order valence-corrected chi connectivity index (χ0v) is 15.1. The molecule has 0 saturated carbocycles. The van der Waals surface area contributed by atoms with E-state index in [9.17, 15) is 9.59 Å². The molecular weight excluding hydrogens is 326 g/mol. The van der Waals surface area contributed by atoms with E-state index in [0.717, 1.165) is 11.1 Å². The summed E-state index contributed by atoms with van der Waals surface area (Å²) in [5.41, 5.74) is 1.85. The van der Waals surface area contributed by atoms with Crippen LogP contribution in [0.2, 0.25) is 0 Å². The maximum atomic E-state index is 13.3. The van der Waals surface area contributed by atoms with Crippen LogP contribution in [0.5, 0.6) is 0 Å². The Morgan fingerprint density at radius 3 is 2.04 bits per heavy atom. The fraction of sp³-hybridized carbons (Fsp3) is 0.273. The summed E-state index contributed by atoms with van der Waals surface area (Å²) in [6.07, 6.45) is 1.85. The Hall–Kier alpha value is -2.88. The Morgan fingerprint density at radius 2 is 1.58 bits per heavy atom. The number of hydrogen-bond acceptors (Lipinski definition) is 3. The van der Waals surface area contributed by atoms with Crippen LogP contribution in [-0.2, 0) is 14.3 Å². The van der Waals surface area contributed by atoms with E-state index in [1.165, 1.54) is 0 Å². The number of esters is 1. The third-order valence-electron chi connectivity index (χ3n) is 4.07. The predicted octanol–water partition coefficient (Wildman–Crippen LogP) is 3.79. The summed E-state index contributed by atoms with van der Waals surface area (Å²) in [4.78, 5) is 26.7. The molecule has 2 aromatic rings. The number of nitrogens with zero attached hydrogens (tertiary/aromatic N) is 1. The van der Waals surface area contributed by atoms with Crippen molar-refractivity contribution in [2.75, 3.05) is 19.7 Å². The largest absolute Gasteiger partial charge is 0.466 e. The molecule has 26 heavy (non-hydrogen) atoms. The van der Waals surface area contributed by atoms with Crippen molar-refractivity contribution in [1.82, 2.24) is 4.90 Å². The molecule has 0 fully saturated rings. The molecule has 0 radical (unpaired) electrons. The van der Waals surface area contributed by atoms with E-state index >= 15 is 0 Å². The Labute approximate surface area is 155 Å². The topological polar surface area (TPSA) is 46.6 Å². The number of benzene rings is 2. The SMILES string of the molecule is C=CCN(CCC(=O)OCC)C(=O)C(c1ccccc1)c1ccccc1. The van der Waals surface area contributed by atoms with Gasteiger partial charge >= 0.3 is 5.97 Å². The van der Waals surface area contributed by atoms with Crippen LogP contribution >= 0.6 is 0 Å². The van der Waals surface area contributed by atoms with Gasteiger partial charge in [0.2, 0.25) is 5.91 Å². The zero-order valence-electron chi connectivity index (χ0n) is 15.1. The first kappa shape index (κ1) is 19.4. The normalized spacial score (nSPS) is 10.4. The standard InChI is InChI=1S/C22H25NO3/c1-3-16-23(17-15-20(24)26-4-2)22(25)21(18-11-7-5-8-12-18)19-13-9-6-10-14-19/h3,5-14,21H,1,4,15-17H2,2H3. The van der Waals surface area contributed by atoms with E-state index in [1.807, 2.05) is 60.7 Å². The molecule has 136 valence electrons. The van der Waals surface area contributed by atoms with Crippen molar-refractivity contribution in [2.45, 2.75) is 19.3 Å². The number of ether oxygens (including phenoxy) is 1. The van der Waals surface area contributed by atoms with Crippen LogP contribution in [0.25, 0.3) is 0 Å². The average molecular weight is 351 g/mol. The summed E-state index contributed by atoms with van der Waals surface area (Å²) in [5.74, 6) is -0.767. The van der Waals surface area contributed by atoms with Crippen LogP contribution in [0.1, 0.15) is 30.4 Å². The fourth-order valence-corrected chi connectivity index (χ4v) is 2.86. The van der Waals surface area contributed by atoms with Gasteiger partial charge < -0.3 is 9.64 Å². The smallest absolute Gasteiger partial charge is 0.307 e. The molecule has 0 spiro atoms. The quantitative estimate of drug-likeness (QED) is 0.510. The second-order valence-electron chi connectivity index (χ2n) is 5.88. The Bertz CT molecular complexity index is 673. The zero-order chi connectivity index (χ0) is 18.8. The van der Waals surface area contributed by atoms with E-state index in [-0.39, 0.29) is 18.3 Å². The number of rotatable bonds is 9. The molecule has 0 bridgehead atoms. The first-order valence-corrected chi connectivity index (χ1v) is 8.82. The molecule has 0 aromatic heterocycles. The van der Waals surface area contributed by atoms with Gasteiger partial charge in [-0.25, -0.2) is 0 Å². The van der Waals surface area contributed by atoms with Crippen LogP contribution in [0.3, 0.4) is 0 Å². The molecule has 0 aliphatic carbocycles. The highest BCUT2D eigenvalue weighted by Gasteiger charge is 2.27. The second-order valence-corrected chi connectivity index (χ2v) is 5.88. The van der Waals surface area contributed by atoms with Gasteiger partial charge in [0.25, 0.3) is 0 Å². The monoisotopic (exact) mass is 351 g/mol. The van der Waals surface area contributed by atoms with E-state index in [4.69, 9.17) is 4.74 Å². The first-order valence-electron chi connectivity index (χ1n) is 8.82. The highest BCUT2D eigenvalue weighted by Crippen LogP contribution is 2.27. The minimum atomic E-state index is -0.417. The van der Waals surface area contributed by atoms with Crippen molar-refractivity contribution in [1.29, 1.82) is 0 Å². The maximum Gasteiger partial charge on any atom is 0.307 e. The lowest BCUT2D eigenvalue weighted by Crippen LogP contribution is -2.37. The van der Waals surface area contributed by atoms with E-state index in [0.29, 0.717) is 19.7 Å². The Kier molecular flexibility index (Phi) is 7.62. The van der Waals surface area contributed by atoms with Crippen LogP contribution in [0.15, 0.2) is 73.3 Å². The highest BCUT2D eigenvalue weighted by atomic mass is 16.5. The van der Waals surface area contributed by atoms with Crippen LogP contribution in [0.4, 0.5) is 0 Å². The van der Waals surface area contributed by atoms with Gasteiger partial charge in [0.15, 0.2) is 0 Å². The third-order valence-corrected chi connectivity index (χ3v) is 4.07. The van der Waals surface area contributed by atoms with Crippen LogP contribution < -0.4 is 0 Å². The number of carbonyl (C=O) groups excluding carboxylic acids is 2. The Morgan fingerprint density at radius 1 is 1.04 bits per heavy atom. The van der Waals surface area contributed by atoms with Gasteiger partial charge in [0.1, 0.15) is 0 Å². The predicted molar refractivity (Wildman–Crippen MR) is 103 cm³/mol. The number of hydrogen-bond donors (Lipinski definition) is 0. The highest BCUT2D eigenvalue weighted by molar-refractivity contribution is 5.87. The molecule has 0 saturated heterocycles. The maximum absolute atomic E-state index is 13.3. The molecule has 0 heterocycles. The number of carbonyl (C=O) groups is 2. The van der Waals surface area contributed by atoms with Crippen LogP contribution in [0, 0.1) is 0 Å². The van der Waals surface area contributed by atoms with Crippen molar-refractivity contribution < 1.29 is 14.3 Å². The van der Waals surface area contributed by atoms with E-state index < -0.39 is 5.92 Å².